The van der Waals surface area contributed by atoms with Crippen LogP contribution in [0, 0.1) is 0 Å². The van der Waals surface area contributed by atoms with Gasteiger partial charge in [-0.3, -0.25) is 14.4 Å². The van der Waals surface area contributed by atoms with E-state index in [9.17, 15) is 14.4 Å². The Balaban J connectivity index is 4.37. The summed E-state index contributed by atoms with van der Waals surface area (Å²) in [5.41, 5.74) is 0. The van der Waals surface area contributed by atoms with Crippen LogP contribution in [0.15, 0.2) is 85.1 Å². The Morgan fingerprint density at radius 3 is 0.744 bits per heavy atom. The average Bonchev–Trinajstić information content (AvgIpc) is 3.47. The Morgan fingerprint density at radius 2 is 0.476 bits per heavy atom. The maximum Gasteiger partial charge on any atom is 0.306 e. The first-order valence-electron chi connectivity index (χ1n) is 35.6. The van der Waals surface area contributed by atoms with E-state index in [2.05, 4.69) is 106 Å². The van der Waals surface area contributed by atoms with E-state index >= 15 is 0 Å². The predicted octanol–water partition coefficient (Wildman–Crippen LogP) is 24.6. The molecule has 0 bridgehead atoms. The fourth-order valence-corrected chi connectivity index (χ4v) is 10.4. The first kappa shape index (κ1) is 78.6. The molecule has 0 aromatic rings. The molecule has 6 heteroatoms. The van der Waals surface area contributed by atoms with E-state index in [-0.39, 0.29) is 31.1 Å². The molecule has 0 aromatic heterocycles. The lowest BCUT2D eigenvalue weighted by molar-refractivity contribution is -0.167. The molecule has 1 atom stereocenters. The van der Waals surface area contributed by atoms with E-state index < -0.39 is 6.10 Å². The van der Waals surface area contributed by atoms with Gasteiger partial charge in [-0.1, -0.05) is 350 Å². The number of esters is 3. The molecule has 0 saturated heterocycles. The normalized spacial score (nSPS) is 12.6. The zero-order chi connectivity index (χ0) is 59.2. The smallest absolute Gasteiger partial charge is 0.306 e. The van der Waals surface area contributed by atoms with Gasteiger partial charge in [0.2, 0.25) is 0 Å². The summed E-state index contributed by atoms with van der Waals surface area (Å²) in [6.07, 6.45) is 93.1. The van der Waals surface area contributed by atoms with Crippen LogP contribution in [0.5, 0.6) is 0 Å². The first-order valence-corrected chi connectivity index (χ1v) is 35.6. The van der Waals surface area contributed by atoms with Crippen molar-refractivity contribution >= 4 is 17.9 Å². The van der Waals surface area contributed by atoms with Gasteiger partial charge in [0.05, 0.1) is 0 Å². The number of hydrogen-bond acceptors (Lipinski definition) is 6. The molecule has 0 aromatic carbocycles. The molecule has 0 aliphatic heterocycles. The maximum atomic E-state index is 13.0. The second kappa shape index (κ2) is 70.1. The summed E-state index contributed by atoms with van der Waals surface area (Å²) in [5.74, 6) is -0.874. The Labute approximate surface area is 509 Å². The van der Waals surface area contributed by atoms with Gasteiger partial charge in [-0.2, -0.15) is 0 Å². The molecule has 474 valence electrons. The summed E-state index contributed by atoms with van der Waals surface area (Å²) in [7, 11) is 0. The molecule has 0 amide bonds. The van der Waals surface area contributed by atoms with Crippen molar-refractivity contribution in [3.05, 3.63) is 85.1 Å². The molecule has 0 spiro atoms. The number of carbonyl (C=O) groups is 3. The minimum absolute atomic E-state index is 0.0775. The second-order valence-electron chi connectivity index (χ2n) is 23.8. The van der Waals surface area contributed by atoms with Crippen molar-refractivity contribution in [1.82, 2.24) is 0 Å². The van der Waals surface area contributed by atoms with Gasteiger partial charge in [0.15, 0.2) is 6.10 Å². The van der Waals surface area contributed by atoms with Crippen molar-refractivity contribution in [2.45, 2.75) is 367 Å². The zero-order valence-electron chi connectivity index (χ0n) is 54.5. The molecule has 82 heavy (non-hydrogen) atoms. The van der Waals surface area contributed by atoms with E-state index in [1.165, 1.54) is 199 Å². The molecule has 0 aliphatic carbocycles. The van der Waals surface area contributed by atoms with Gasteiger partial charge in [-0.05, 0) is 77.0 Å². The number of ether oxygens (including phenoxy) is 3. The van der Waals surface area contributed by atoms with Gasteiger partial charge in [-0.25, -0.2) is 0 Å². The molecule has 0 N–H and O–H groups in total. The summed E-state index contributed by atoms with van der Waals surface area (Å²) >= 11 is 0. The molecular weight excluding hydrogens is 1010 g/mol. The van der Waals surface area contributed by atoms with Crippen molar-refractivity contribution in [3.8, 4) is 0 Å². The molecule has 1 unspecified atom stereocenters. The van der Waals surface area contributed by atoms with Crippen LogP contribution in [0.3, 0.4) is 0 Å². The lowest BCUT2D eigenvalue weighted by Crippen LogP contribution is -2.30. The third-order valence-corrected chi connectivity index (χ3v) is 15.7. The molecule has 0 radical (unpaired) electrons. The topological polar surface area (TPSA) is 78.9 Å². The summed E-state index contributed by atoms with van der Waals surface area (Å²) in [4.78, 5) is 38.5. The molecule has 0 aliphatic rings. The number of rotatable bonds is 65. The third-order valence-electron chi connectivity index (χ3n) is 15.7. The molecule has 0 saturated carbocycles. The van der Waals surface area contributed by atoms with Crippen molar-refractivity contribution in [2.24, 2.45) is 0 Å². The number of allylic oxidation sites excluding steroid dienone is 14. The van der Waals surface area contributed by atoms with Gasteiger partial charge in [0.25, 0.3) is 0 Å². The molecular formula is C76H134O6. The van der Waals surface area contributed by atoms with E-state index in [0.29, 0.717) is 19.3 Å². The van der Waals surface area contributed by atoms with E-state index in [1.807, 2.05) is 0 Å². The highest BCUT2D eigenvalue weighted by Crippen LogP contribution is 2.18. The van der Waals surface area contributed by atoms with Crippen LogP contribution in [0.25, 0.3) is 0 Å². The lowest BCUT2D eigenvalue weighted by atomic mass is 10.0. The van der Waals surface area contributed by atoms with E-state index in [1.54, 1.807) is 0 Å². The number of carbonyl (C=O) groups excluding carboxylic acids is 3. The van der Waals surface area contributed by atoms with Crippen LogP contribution >= 0.6 is 0 Å². The fourth-order valence-electron chi connectivity index (χ4n) is 10.4. The summed E-state index contributed by atoms with van der Waals surface area (Å²) in [6.45, 7) is 6.57. The fraction of sp³-hybridized carbons (Fsp3) is 0.776. The Kier molecular flexibility index (Phi) is 67.2. The SMILES string of the molecule is CC/C=C\C/C=C\C/C=C\C/C=C\C/C=C\C/C=C\C/C=C\CCCCCCCC(=O)OCC(COC(=O)CCCCCCCCCCCCCCCCCCC)OC(=O)CCCCCCCCCCCCCCCCCCCCCC. The number of unbranched alkanes of at least 4 members (excludes halogenated alkanes) is 40. The highest BCUT2D eigenvalue weighted by Gasteiger charge is 2.19. The van der Waals surface area contributed by atoms with Crippen molar-refractivity contribution < 1.29 is 28.6 Å². The average molecular weight is 1140 g/mol. The Bertz CT molecular complexity index is 1550. The van der Waals surface area contributed by atoms with Crippen molar-refractivity contribution in [2.75, 3.05) is 13.2 Å². The van der Waals surface area contributed by atoms with Crippen molar-refractivity contribution in [3.63, 3.8) is 0 Å². The molecule has 0 heterocycles. The van der Waals surface area contributed by atoms with Crippen LogP contribution in [-0.4, -0.2) is 37.2 Å². The zero-order valence-corrected chi connectivity index (χ0v) is 54.5. The van der Waals surface area contributed by atoms with Crippen LogP contribution in [0.2, 0.25) is 0 Å². The Hall–Kier alpha value is -3.41. The van der Waals surface area contributed by atoms with Gasteiger partial charge < -0.3 is 14.2 Å². The highest BCUT2D eigenvalue weighted by atomic mass is 16.6. The van der Waals surface area contributed by atoms with Gasteiger partial charge >= 0.3 is 17.9 Å². The second-order valence-corrected chi connectivity index (χ2v) is 23.8. The largest absolute Gasteiger partial charge is 0.462 e. The quantitative estimate of drug-likeness (QED) is 0.0261. The molecule has 6 nitrogen and oxygen atoms in total. The predicted molar refractivity (Wildman–Crippen MR) is 358 cm³/mol. The van der Waals surface area contributed by atoms with Gasteiger partial charge in [0, 0.05) is 19.3 Å². The van der Waals surface area contributed by atoms with E-state index in [0.717, 1.165) is 122 Å². The lowest BCUT2D eigenvalue weighted by Gasteiger charge is -2.18. The molecule has 0 fully saturated rings. The minimum Gasteiger partial charge on any atom is -0.462 e. The maximum absolute atomic E-state index is 13.0. The summed E-state index contributed by atoms with van der Waals surface area (Å²) in [5, 5.41) is 0. The van der Waals surface area contributed by atoms with E-state index in [4.69, 9.17) is 14.2 Å². The highest BCUT2D eigenvalue weighted by molar-refractivity contribution is 5.71. The van der Waals surface area contributed by atoms with Gasteiger partial charge in [0.1, 0.15) is 13.2 Å². The van der Waals surface area contributed by atoms with Crippen LogP contribution in [0.4, 0.5) is 0 Å². The minimum atomic E-state index is -0.784. The third kappa shape index (κ3) is 67.4. The van der Waals surface area contributed by atoms with Crippen LogP contribution in [0.1, 0.15) is 361 Å². The monoisotopic (exact) mass is 1140 g/mol. The van der Waals surface area contributed by atoms with Crippen molar-refractivity contribution in [1.29, 1.82) is 0 Å². The van der Waals surface area contributed by atoms with Crippen LogP contribution in [-0.2, 0) is 28.6 Å². The standard InChI is InChI=1S/C76H134O6/c1-4-7-10-13-16-19-22-25-28-31-33-35-36-37-38-39-40-41-43-45-48-51-54-57-60-63-66-69-75(78)81-72-73(71-80-74(77)68-65-62-59-56-53-50-47-44-30-27-24-21-18-15-12-9-6-3)82-76(79)70-67-64-61-58-55-52-49-46-42-34-32-29-26-23-20-17-14-11-8-5-2/h7,10,16,19,25,28,33,35,37-38,40-41,45,48,73H,4-6,8-9,11-15,17-18,20-24,26-27,29-32,34,36,39,42-44,46-47,49-72H2,1-3H3/b10-7-,19-16-,28-25-,35-33-,38-37-,41-40-,48-45-. The number of hydrogen-bond donors (Lipinski definition) is 0. The summed E-state index contributed by atoms with van der Waals surface area (Å²) < 4.78 is 17.0. The van der Waals surface area contributed by atoms with Crippen LogP contribution < -0.4 is 0 Å². The first-order chi connectivity index (χ1) is 40.5. The molecule has 0 rings (SSSR count). The Morgan fingerprint density at radius 1 is 0.256 bits per heavy atom. The summed E-state index contributed by atoms with van der Waals surface area (Å²) in [6, 6.07) is 0. The van der Waals surface area contributed by atoms with Gasteiger partial charge in [-0.15, -0.1) is 0 Å².